The quantitative estimate of drug-likeness (QED) is 0.813. The molecule has 1 aromatic carbocycles. The van der Waals surface area contributed by atoms with Gasteiger partial charge in [-0.3, -0.25) is 0 Å². The number of nitrogens with two attached hydrogens (primary N) is 1. The minimum absolute atomic E-state index is 0.400. The van der Waals surface area contributed by atoms with Crippen LogP contribution in [0.2, 0.25) is 0 Å². The van der Waals surface area contributed by atoms with E-state index < -0.39 is 12.0 Å². The summed E-state index contributed by atoms with van der Waals surface area (Å²) in [4.78, 5) is 12.2. The van der Waals surface area contributed by atoms with Crippen molar-refractivity contribution in [2.24, 2.45) is 5.73 Å². The van der Waals surface area contributed by atoms with Crippen LogP contribution in [0.4, 0.5) is 0 Å². The molecule has 0 radical (unpaired) electrons. The van der Waals surface area contributed by atoms with Crippen LogP contribution < -0.4 is 5.73 Å². The Morgan fingerprint density at radius 2 is 2.19 bits per heavy atom. The van der Waals surface area contributed by atoms with Crippen LogP contribution in [0.1, 0.15) is 16.5 Å². The first kappa shape index (κ1) is 11.1. The van der Waals surface area contributed by atoms with Gasteiger partial charge >= 0.3 is 5.97 Å². The topological polar surface area (TPSA) is 52.3 Å². The molecule has 16 heavy (non-hydrogen) atoms. The van der Waals surface area contributed by atoms with Crippen LogP contribution in [-0.2, 0) is 9.53 Å². The Hall–Kier alpha value is -1.39. The summed E-state index contributed by atoms with van der Waals surface area (Å²) in [6.07, 6.45) is 0. The Bertz CT molecular complexity index is 533. The number of fused-ring (bicyclic) bond motifs is 1. The van der Waals surface area contributed by atoms with Crippen molar-refractivity contribution in [3.63, 3.8) is 0 Å². The molecule has 4 heteroatoms. The fraction of sp³-hybridized carbons (Fsp3) is 0.250. The van der Waals surface area contributed by atoms with Gasteiger partial charge in [0, 0.05) is 9.58 Å². The molecule has 1 atom stereocenters. The second kappa shape index (κ2) is 4.23. The number of benzene rings is 1. The molecule has 1 unspecified atom stereocenters. The Morgan fingerprint density at radius 3 is 2.88 bits per heavy atom. The number of carbonyl (C=O) groups excluding carboxylic acids is 1. The number of rotatable bonds is 2. The van der Waals surface area contributed by atoms with Crippen LogP contribution in [0.5, 0.6) is 0 Å². The summed E-state index contributed by atoms with van der Waals surface area (Å²) in [6, 6.07) is 7.45. The molecule has 2 N–H and O–H groups in total. The summed E-state index contributed by atoms with van der Waals surface area (Å²) >= 11 is 1.53. The fourth-order valence-electron chi connectivity index (χ4n) is 1.58. The molecule has 0 aliphatic carbocycles. The van der Waals surface area contributed by atoms with Crippen LogP contribution in [0.15, 0.2) is 24.3 Å². The highest BCUT2D eigenvalue weighted by Crippen LogP contribution is 2.30. The molecule has 0 saturated carbocycles. The third-order valence-corrected chi connectivity index (χ3v) is 3.65. The number of esters is 1. The molecule has 2 rings (SSSR count). The van der Waals surface area contributed by atoms with Crippen molar-refractivity contribution >= 4 is 27.4 Å². The first-order valence-corrected chi connectivity index (χ1v) is 5.77. The van der Waals surface area contributed by atoms with E-state index in [9.17, 15) is 4.79 Å². The third-order valence-electron chi connectivity index (χ3n) is 2.45. The summed E-state index contributed by atoms with van der Waals surface area (Å²) in [7, 11) is 1.35. The van der Waals surface area contributed by atoms with Crippen LogP contribution in [-0.4, -0.2) is 13.1 Å². The van der Waals surface area contributed by atoms with Gasteiger partial charge in [0.25, 0.3) is 0 Å². The van der Waals surface area contributed by atoms with Gasteiger partial charge in [-0.1, -0.05) is 17.7 Å². The van der Waals surface area contributed by atoms with Crippen molar-refractivity contribution in [2.75, 3.05) is 7.11 Å². The highest BCUT2D eigenvalue weighted by Gasteiger charge is 2.18. The average Bonchev–Trinajstić information content (AvgIpc) is 2.69. The monoisotopic (exact) mass is 235 g/mol. The standard InChI is InChI=1S/C12H13NO2S/c1-7-3-4-9-8(5-7)6-10(16-9)11(13)12(14)15-2/h3-6,11H,13H2,1-2H3. The molecule has 0 aliphatic heterocycles. The van der Waals surface area contributed by atoms with E-state index in [0.29, 0.717) is 0 Å². The largest absolute Gasteiger partial charge is 0.468 e. The van der Waals surface area contributed by atoms with Crippen molar-refractivity contribution in [2.45, 2.75) is 13.0 Å². The van der Waals surface area contributed by atoms with E-state index in [-0.39, 0.29) is 0 Å². The van der Waals surface area contributed by atoms with Gasteiger partial charge in [-0.2, -0.15) is 0 Å². The predicted molar refractivity (Wildman–Crippen MR) is 65.5 cm³/mol. The lowest BCUT2D eigenvalue weighted by atomic mass is 10.1. The van der Waals surface area contributed by atoms with E-state index in [1.165, 1.54) is 24.0 Å². The second-order valence-electron chi connectivity index (χ2n) is 3.69. The minimum Gasteiger partial charge on any atom is -0.468 e. The number of aryl methyl sites for hydroxylation is 1. The maximum absolute atomic E-state index is 11.3. The SMILES string of the molecule is COC(=O)C(N)c1cc2cc(C)ccc2s1. The van der Waals surface area contributed by atoms with Crippen molar-refractivity contribution in [1.29, 1.82) is 0 Å². The lowest BCUT2D eigenvalue weighted by Gasteiger charge is -2.05. The number of hydrogen-bond donors (Lipinski definition) is 1. The van der Waals surface area contributed by atoms with Gasteiger partial charge in [0.15, 0.2) is 0 Å². The number of methoxy groups -OCH3 is 1. The van der Waals surface area contributed by atoms with E-state index in [1.807, 2.05) is 25.1 Å². The zero-order valence-corrected chi connectivity index (χ0v) is 10.0. The molecule has 0 fully saturated rings. The number of carbonyl (C=O) groups is 1. The zero-order chi connectivity index (χ0) is 11.7. The summed E-state index contributed by atoms with van der Waals surface area (Å²) < 4.78 is 5.77. The number of ether oxygens (including phenoxy) is 1. The molecule has 3 nitrogen and oxygen atoms in total. The summed E-state index contributed by atoms with van der Waals surface area (Å²) in [5.41, 5.74) is 6.98. The Balaban J connectivity index is 2.43. The Morgan fingerprint density at radius 1 is 1.44 bits per heavy atom. The molecule has 1 heterocycles. The van der Waals surface area contributed by atoms with Crippen LogP contribution in [0, 0.1) is 6.92 Å². The first-order valence-electron chi connectivity index (χ1n) is 4.95. The van der Waals surface area contributed by atoms with Gasteiger partial charge in [0.2, 0.25) is 0 Å². The van der Waals surface area contributed by atoms with Gasteiger partial charge in [-0.15, -0.1) is 11.3 Å². The molecule has 0 amide bonds. The van der Waals surface area contributed by atoms with Crippen molar-refractivity contribution in [3.8, 4) is 0 Å². The normalized spacial score (nSPS) is 12.7. The lowest BCUT2D eigenvalue weighted by molar-refractivity contribution is -0.142. The van der Waals surface area contributed by atoms with E-state index in [4.69, 9.17) is 5.73 Å². The number of thiophene rings is 1. The summed E-state index contributed by atoms with van der Waals surface area (Å²) in [5.74, 6) is -0.400. The smallest absolute Gasteiger partial charge is 0.328 e. The molecule has 1 aromatic heterocycles. The van der Waals surface area contributed by atoms with Crippen molar-refractivity contribution in [3.05, 3.63) is 34.7 Å². The van der Waals surface area contributed by atoms with Gasteiger partial charge in [0.05, 0.1) is 7.11 Å². The highest BCUT2D eigenvalue weighted by atomic mass is 32.1. The maximum atomic E-state index is 11.3. The predicted octanol–water partition coefficient (Wildman–Crippen LogP) is 2.38. The van der Waals surface area contributed by atoms with Gasteiger partial charge in [-0.05, 0) is 24.4 Å². The van der Waals surface area contributed by atoms with Gasteiger partial charge in [-0.25, -0.2) is 4.79 Å². The van der Waals surface area contributed by atoms with E-state index in [2.05, 4.69) is 10.8 Å². The Labute approximate surface area is 97.8 Å². The third kappa shape index (κ3) is 1.94. The second-order valence-corrected chi connectivity index (χ2v) is 4.81. The van der Waals surface area contributed by atoms with E-state index >= 15 is 0 Å². The highest BCUT2D eigenvalue weighted by molar-refractivity contribution is 7.19. The van der Waals surface area contributed by atoms with Crippen molar-refractivity contribution < 1.29 is 9.53 Å². The van der Waals surface area contributed by atoms with Gasteiger partial charge in [0.1, 0.15) is 6.04 Å². The van der Waals surface area contributed by atoms with Gasteiger partial charge < -0.3 is 10.5 Å². The number of hydrogen-bond acceptors (Lipinski definition) is 4. The van der Waals surface area contributed by atoms with Crippen LogP contribution in [0.3, 0.4) is 0 Å². The van der Waals surface area contributed by atoms with Crippen LogP contribution >= 0.6 is 11.3 Å². The minimum atomic E-state index is -0.678. The molecule has 0 spiro atoms. The molecular weight excluding hydrogens is 222 g/mol. The molecule has 2 aromatic rings. The average molecular weight is 235 g/mol. The molecule has 0 aliphatic rings. The maximum Gasteiger partial charge on any atom is 0.328 e. The molecular formula is C12H13NO2S. The Kier molecular flexibility index (Phi) is 2.94. The molecule has 84 valence electrons. The lowest BCUT2D eigenvalue weighted by Crippen LogP contribution is -2.21. The summed E-state index contributed by atoms with van der Waals surface area (Å²) in [6.45, 7) is 2.04. The molecule has 0 bridgehead atoms. The molecule has 0 saturated heterocycles. The van der Waals surface area contributed by atoms with E-state index in [1.54, 1.807) is 0 Å². The summed E-state index contributed by atoms with van der Waals surface area (Å²) in [5, 5.41) is 1.12. The fourth-order valence-corrected chi connectivity index (χ4v) is 2.61. The van der Waals surface area contributed by atoms with Crippen molar-refractivity contribution in [1.82, 2.24) is 0 Å². The van der Waals surface area contributed by atoms with E-state index in [0.717, 1.165) is 15.0 Å². The first-order chi connectivity index (χ1) is 7.61. The van der Waals surface area contributed by atoms with Crippen LogP contribution in [0.25, 0.3) is 10.1 Å². The zero-order valence-electron chi connectivity index (χ0n) is 9.19.